The molecule has 1 aromatic carbocycles. The predicted molar refractivity (Wildman–Crippen MR) is 72.8 cm³/mol. The number of rotatable bonds is 4. The lowest BCUT2D eigenvalue weighted by Crippen LogP contribution is -1.97. The van der Waals surface area contributed by atoms with Crippen LogP contribution in [0.2, 0.25) is 10.0 Å². The van der Waals surface area contributed by atoms with Gasteiger partial charge in [0, 0.05) is 0 Å². The summed E-state index contributed by atoms with van der Waals surface area (Å²) in [7, 11) is 0. The number of benzene rings is 1. The van der Waals surface area contributed by atoms with Gasteiger partial charge in [0.05, 0.1) is 5.02 Å². The van der Waals surface area contributed by atoms with E-state index in [-0.39, 0.29) is 29.8 Å². The van der Waals surface area contributed by atoms with Crippen LogP contribution in [0.15, 0.2) is 27.4 Å². The average Bonchev–Trinajstić information content (AvgIpc) is 3.09. The fraction of sp³-hybridized carbons (Fsp3) is 0.0909. The number of halogens is 2. The van der Waals surface area contributed by atoms with Crippen molar-refractivity contribution in [1.82, 2.24) is 20.5 Å². The summed E-state index contributed by atoms with van der Waals surface area (Å²) >= 11 is 11.9. The molecule has 0 aliphatic heterocycles. The van der Waals surface area contributed by atoms with E-state index in [9.17, 15) is 0 Å². The lowest BCUT2D eigenvalue weighted by Gasteiger charge is -2.05. The van der Waals surface area contributed by atoms with E-state index in [4.69, 9.17) is 38.2 Å². The highest BCUT2D eigenvalue weighted by atomic mass is 35.5. The Labute approximate surface area is 127 Å². The van der Waals surface area contributed by atoms with Gasteiger partial charge < -0.3 is 15.0 Å². The molecule has 0 bridgehead atoms. The van der Waals surface area contributed by atoms with Crippen molar-refractivity contribution in [2.24, 2.45) is 0 Å². The van der Waals surface area contributed by atoms with E-state index in [2.05, 4.69) is 25.1 Å². The van der Waals surface area contributed by atoms with E-state index < -0.39 is 0 Å². The molecule has 21 heavy (non-hydrogen) atoms. The minimum absolute atomic E-state index is 0.0121. The van der Waals surface area contributed by atoms with E-state index in [0.717, 1.165) is 0 Å². The summed E-state index contributed by atoms with van der Waals surface area (Å²) in [5.74, 6) is 0.848. The molecule has 10 heteroatoms. The molecule has 0 atom stereocenters. The van der Waals surface area contributed by atoms with Crippen molar-refractivity contribution in [3.8, 4) is 17.3 Å². The molecule has 0 spiro atoms. The Morgan fingerprint density at radius 1 is 1.19 bits per heavy atom. The lowest BCUT2D eigenvalue weighted by atomic mass is 10.3. The van der Waals surface area contributed by atoms with Gasteiger partial charge in [0.2, 0.25) is 5.82 Å². The molecule has 2 aromatic heterocycles. The Morgan fingerprint density at radius 2 is 2.05 bits per heavy atom. The second-order valence-electron chi connectivity index (χ2n) is 3.85. The predicted octanol–water partition coefficient (Wildman–Crippen LogP) is 2.59. The summed E-state index contributed by atoms with van der Waals surface area (Å²) < 4.78 is 14.9. The molecule has 8 nitrogen and oxygen atoms in total. The maximum absolute atomic E-state index is 6.00. The van der Waals surface area contributed by atoms with E-state index in [1.165, 1.54) is 0 Å². The van der Waals surface area contributed by atoms with Crippen LogP contribution in [0.4, 0.5) is 5.82 Å². The van der Waals surface area contributed by atoms with E-state index in [1.54, 1.807) is 18.2 Å². The molecule has 0 unspecified atom stereocenters. The van der Waals surface area contributed by atoms with Crippen molar-refractivity contribution in [2.75, 3.05) is 5.73 Å². The molecule has 0 radical (unpaired) electrons. The van der Waals surface area contributed by atoms with E-state index >= 15 is 0 Å². The van der Waals surface area contributed by atoms with Gasteiger partial charge in [-0.3, -0.25) is 0 Å². The lowest BCUT2D eigenvalue weighted by molar-refractivity contribution is 0.243. The molecule has 3 aromatic rings. The molecule has 0 aliphatic carbocycles. The summed E-state index contributed by atoms with van der Waals surface area (Å²) in [5.41, 5.74) is 5.73. The quantitative estimate of drug-likeness (QED) is 0.777. The van der Waals surface area contributed by atoms with Crippen LogP contribution in [0, 0.1) is 0 Å². The normalized spacial score (nSPS) is 10.8. The molecule has 0 aliphatic rings. The Morgan fingerprint density at radius 3 is 2.81 bits per heavy atom. The first-order chi connectivity index (χ1) is 10.1. The number of nitrogens with zero attached hydrogens (tertiary/aromatic N) is 4. The molecule has 0 saturated carbocycles. The first-order valence-electron chi connectivity index (χ1n) is 5.63. The van der Waals surface area contributed by atoms with Crippen molar-refractivity contribution >= 4 is 29.0 Å². The van der Waals surface area contributed by atoms with Crippen LogP contribution in [-0.4, -0.2) is 20.5 Å². The zero-order chi connectivity index (χ0) is 14.8. The second-order valence-corrected chi connectivity index (χ2v) is 4.64. The van der Waals surface area contributed by atoms with Crippen LogP contribution < -0.4 is 10.5 Å². The number of anilines is 1. The van der Waals surface area contributed by atoms with Crippen LogP contribution in [0.25, 0.3) is 11.5 Å². The van der Waals surface area contributed by atoms with Gasteiger partial charge in [-0.05, 0) is 22.4 Å². The molecule has 0 saturated heterocycles. The summed E-state index contributed by atoms with van der Waals surface area (Å²) in [4.78, 5) is 4.06. The molecule has 108 valence electrons. The van der Waals surface area contributed by atoms with Gasteiger partial charge >= 0.3 is 0 Å². The first kappa shape index (κ1) is 13.7. The fourth-order valence-corrected chi connectivity index (χ4v) is 1.84. The molecule has 3 rings (SSSR count). The van der Waals surface area contributed by atoms with Crippen molar-refractivity contribution in [2.45, 2.75) is 6.61 Å². The van der Waals surface area contributed by atoms with Gasteiger partial charge in [0.15, 0.2) is 18.1 Å². The van der Waals surface area contributed by atoms with Gasteiger partial charge in [0.25, 0.3) is 5.89 Å². The summed E-state index contributed by atoms with van der Waals surface area (Å²) in [6.45, 7) is 0.0121. The molecule has 0 amide bonds. The van der Waals surface area contributed by atoms with Gasteiger partial charge in [-0.15, -0.1) is 0 Å². The smallest absolute Gasteiger partial charge is 0.264 e. The highest BCUT2D eigenvalue weighted by molar-refractivity contribution is 6.42. The van der Waals surface area contributed by atoms with Crippen molar-refractivity contribution in [3.63, 3.8) is 0 Å². The number of hydrogen-bond acceptors (Lipinski definition) is 8. The Balaban J connectivity index is 1.73. The fourth-order valence-electron chi connectivity index (χ4n) is 1.50. The van der Waals surface area contributed by atoms with Crippen molar-refractivity contribution in [3.05, 3.63) is 34.1 Å². The molecular formula is C11H7Cl2N5O3. The zero-order valence-corrected chi connectivity index (χ0v) is 11.8. The Kier molecular flexibility index (Phi) is 3.63. The largest absolute Gasteiger partial charge is 0.482 e. The van der Waals surface area contributed by atoms with Crippen LogP contribution in [0.1, 0.15) is 5.89 Å². The van der Waals surface area contributed by atoms with E-state index in [0.29, 0.717) is 15.8 Å². The number of aromatic nitrogens is 4. The second kappa shape index (κ2) is 5.58. The maximum Gasteiger partial charge on any atom is 0.264 e. The van der Waals surface area contributed by atoms with Gasteiger partial charge in [-0.25, -0.2) is 4.63 Å². The third-order valence-electron chi connectivity index (χ3n) is 2.46. The Hall–Kier alpha value is -2.32. The molecule has 2 heterocycles. The van der Waals surface area contributed by atoms with Crippen LogP contribution in [-0.2, 0) is 6.61 Å². The number of nitrogens with two attached hydrogens (primary N) is 1. The standard InChI is InChI=1S/C11H7Cl2N5O3/c12-5-2-1-3-6(8(5)13)19-4-7-15-11(18-20-7)9-10(14)17-21-16-9/h1-3H,4H2,(H2,14,17). The van der Waals surface area contributed by atoms with Crippen LogP contribution in [0.5, 0.6) is 5.75 Å². The van der Waals surface area contributed by atoms with Gasteiger partial charge in [0.1, 0.15) is 10.8 Å². The van der Waals surface area contributed by atoms with E-state index in [1.807, 2.05) is 0 Å². The zero-order valence-electron chi connectivity index (χ0n) is 10.3. The molecule has 0 fully saturated rings. The van der Waals surface area contributed by atoms with Crippen LogP contribution in [0.3, 0.4) is 0 Å². The van der Waals surface area contributed by atoms with Crippen molar-refractivity contribution < 1.29 is 13.9 Å². The number of ether oxygens (including phenoxy) is 1. The van der Waals surface area contributed by atoms with Crippen molar-refractivity contribution in [1.29, 1.82) is 0 Å². The third kappa shape index (κ3) is 2.76. The summed E-state index contributed by atoms with van der Waals surface area (Å²) in [6.07, 6.45) is 0. The minimum Gasteiger partial charge on any atom is -0.482 e. The SMILES string of the molecule is Nc1nonc1-c1noc(COc2cccc(Cl)c2Cl)n1. The number of hydrogen-bond donors (Lipinski definition) is 1. The number of nitrogen functional groups attached to an aromatic ring is 1. The summed E-state index contributed by atoms with van der Waals surface area (Å²) in [5, 5.41) is 11.4. The molecule has 2 N–H and O–H groups in total. The van der Waals surface area contributed by atoms with Gasteiger partial charge in [-0.2, -0.15) is 4.98 Å². The third-order valence-corrected chi connectivity index (χ3v) is 3.26. The average molecular weight is 328 g/mol. The Bertz CT molecular complexity index is 773. The topological polar surface area (TPSA) is 113 Å². The highest BCUT2D eigenvalue weighted by Crippen LogP contribution is 2.31. The first-order valence-corrected chi connectivity index (χ1v) is 6.38. The maximum atomic E-state index is 6.00. The van der Waals surface area contributed by atoms with Crippen LogP contribution >= 0.6 is 23.2 Å². The monoisotopic (exact) mass is 327 g/mol. The molecular weight excluding hydrogens is 321 g/mol. The summed E-state index contributed by atoms with van der Waals surface area (Å²) in [6, 6.07) is 5.04. The minimum atomic E-state index is 0.0121. The highest BCUT2D eigenvalue weighted by Gasteiger charge is 2.17. The van der Waals surface area contributed by atoms with Gasteiger partial charge in [-0.1, -0.05) is 34.4 Å².